The van der Waals surface area contributed by atoms with Crippen LogP contribution in [0.25, 0.3) is 10.2 Å². The van der Waals surface area contributed by atoms with Crippen molar-refractivity contribution in [1.82, 2.24) is 4.98 Å². The molecule has 1 amide bonds. The first kappa shape index (κ1) is 21.1. The SMILES string of the molecule is COc1ccc(OC)c2sc(N(Cc3ccccc3)C(=O)c3ccc(F)cc3Cl)nc12. The molecule has 0 spiro atoms. The normalized spacial score (nSPS) is 10.8. The van der Waals surface area contributed by atoms with Gasteiger partial charge in [-0.25, -0.2) is 9.37 Å². The lowest BCUT2D eigenvalue weighted by molar-refractivity contribution is 0.0985. The zero-order valence-corrected chi connectivity index (χ0v) is 18.3. The minimum atomic E-state index is -0.509. The first-order valence-electron chi connectivity index (χ1n) is 9.34. The summed E-state index contributed by atoms with van der Waals surface area (Å²) in [7, 11) is 3.14. The van der Waals surface area contributed by atoms with E-state index in [9.17, 15) is 9.18 Å². The fraction of sp³-hybridized carbons (Fsp3) is 0.130. The van der Waals surface area contributed by atoms with Gasteiger partial charge < -0.3 is 9.47 Å². The molecule has 0 saturated heterocycles. The number of amides is 1. The van der Waals surface area contributed by atoms with Crippen molar-refractivity contribution in [3.8, 4) is 11.5 Å². The van der Waals surface area contributed by atoms with Gasteiger partial charge in [0.25, 0.3) is 5.91 Å². The maximum absolute atomic E-state index is 13.5. The number of ether oxygens (including phenoxy) is 2. The highest BCUT2D eigenvalue weighted by Crippen LogP contribution is 2.41. The van der Waals surface area contributed by atoms with Gasteiger partial charge >= 0.3 is 0 Å². The third-order valence-corrected chi connectivity index (χ3v) is 6.13. The summed E-state index contributed by atoms with van der Waals surface area (Å²) >= 11 is 7.50. The highest BCUT2D eigenvalue weighted by Gasteiger charge is 2.25. The predicted molar refractivity (Wildman–Crippen MR) is 121 cm³/mol. The number of carbonyl (C=O) groups excluding carboxylic acids is 1. The topological polar surface area (TPSA) is 51.7 Å². The van der Waals surface area contributed by atoms with E-state index in [4.69, 9.17) is 21.1 Å². The molecule has 0 aliphatic heterocycles. The number of fused-ring (bicyclic) bond motifs is 1. The number of benzene rings is 3. The lowest BCUT2D eigenvalue weighted by Gasteiger charge is -2.20. The second kappa shape index (κ2) is 8.91. The minimum Gasteiger partial charge on any atom is -0.495 e. The summed E-state index contributed by atoms with van der Waals surface area (Å²) in [5.41, 5.74) is 1.70. The Labute approximate surface area is 187 Å². The van der Waals surface area contributed by atoms with Crippen LogP contribution in [-0.4, -0.2) is 25.1 Å². The van der Waals surface area contributed by atoms with Crippen molar-refractivity contribution >= 4 is 44.2 Å². The second-order valence-electron chi connectivity index (χ2n) is 6.65. The Morgan fingerprint density at radius 3 is 2.45 bits per heavy atom. The molecule has 4 aromatic rings. The number of hydrogen-bond donors (Lipinski definition) is 0. The Balaban J connectivity index is 1.85. The lowest BCUT2D eigenvalue weighted by Crippen LogP contribution is -2.30. The molecule has 4 rings (SSSR count). The number of halogens is 2. The fourth-order valence-corrected chi connectivity index (χ4v) is 4.51. The van der Waals surface area contributed by atoms with Gasteiger partial charge in [0.05, 0.1) is 31.4 Å². The van der Waals surface area contributed by atoms with Crippen LogP contribution in [0, 0.1) is 5.82 Å². The van der Waals surface area contributed by atoms with Crippen LogP contribution in [0.3, 0.4) is 0 Å². The molecule has 0 aliphatic carbocycles. The van der Waals surface area contributed by atoms with Gasteiger partial charge in [0.15, 0.2) is 5.13 Å². The zero-order chi connectivity index (χ0) is 22.0. The number of carbonyl (C=O) groups is 1. The van der Waals surface area contributed by atoms with Crippen LogP contribution in [0.15, 0.2) is 60.7 Å². The summed E-state index contributed by atoms with van der Waals surface area (Å²) in [4.78, 5) is 19.7. The van der Waals surface area contributed by atoms with Crippen LogP contribution in [0.1, 0.15) is 15.9 Å². The second-order valence-corrected chi connectivity index (χ2v) is 8.03. The van der Waals surface area contributed by atoms with E-state index in [2.05, 4.69) is 4.98 Å². The van der Waals surface area contributed by atoms with Gasteiger partial charge in [-0.1, -0.05) is 53.3 Å². The molecule has 0 atom stereocenters. The van der Waals surface area contributed by atoms with Gasteiger partial charge in [-0.15, -0.1) is 0 Å². The molecule has 0 unspecified atom stereocenters. The third-order valence-electron chi connectivity index (χ3n) is 4.72. The summed E-state index contributed by atoms with van der Waals surface area (Å²) in [6.45, 7) is 0.262. The number of methoxy groups -OCH3 is 2. The molecule has 0 fully saturated rings. The van der Waals surface area contributed by atoms with Gasteiger partial charge in [-0.05, 0) is 35.9 Å². The van der Waals surface area contributed by atoms with E-state index in [-0.39, 0.29) is 23.0 Å². The summed E-state index contributed by atoms with van der Waals surface area (Å²) in [6.07, 6.45) is 0. The minimum absolute atomic E-state index is 0.0410. The number of aromatic nitrogens is 1. The highest BCUT2D eigenvalue weighted by atomic mass is 35.5. The van der Waals surface area contributed by atoms with Gasteiger partial charge in [-0.2, -0.15) is 0 Å². The molecule has 8 heteroatoms. The Morgan fingerprint density at radius 2 is 1.77 bits per heavy atom. The molecular formula is C23H18ClFN2O3S. The molecule has 0 radical (unpaired) electrons. The van der Waals surface area contributed by atoms with E-state index in [1.807, 2.05) is 30.3 Å². The molecule has 0 bridgehead atoms. The van der Waals surface area contributed by atoms with Crippen molar-refractivity contribution < 1.29 is 18.7 Å². The van der Waals surface area contributed by atoms with Crippen molar-refractivity contribution in [3.05, 3.63) is 82.6 Å². The predicted octanol–water partition coefficient (Wildman–Crippen LogP) is 5.95. The molecule has 0 aliphatic rings. The molecular weight excluding hydrogens is 439 g/mol. The van der Waals surface area contributed by atoms with E-state index in [1.54, 1.807) is 26.4 Å². The fourth-order valence-electron chi connectivity index (χ4n) is 3.19. The number of hydrogen-bond acceptors (Lipinski definition) is 5. The molecule has 0 saturated carbocycles. The Morgan fingerprint density at radius 1 is 1.06 bits per heavy atom. The zero-order valence-electron chi connectivity index (χ0n) is 16.8. The van der Waals surface area contributed by atoms with Gasteiger partial charge in [0.1, 0.15) is 27.5 Å². The van der Waals surface area contributed by atoms with E-state index < -0.39 is 5.82 Å². The molecule has 31 heavy (non-hydrogen) atoms. The summed E-state index contributed by atoms with van der Waals surface area (Å²) in [5, 5.41) is 0.492. The average Bonchev–Trinajstić information content (AvgIpc) is 3.22. The van der Waals surface area contributed by atoms with Crippen LogP contribution in [-0.2, 0) is 6.54 Å². The molecule has 0 N–H and O–H groups in total. The lowest BCUT2D eigenvalue weighted by atomic mass is 10.1. The van der Waals surface area contributed by atoms with Crippen molar-refractivity contribution in [2.24, 2.45) is 0 Å². The number of rotatable bonds is 6. The molecule has 158 valence electrons. The van der Waals surface area contributed by atoms with E-state index in [0.29, 0.717) is 22.1 Å². The number of nitrogens with zero attached hydrogens (tertiary/aromatic N) is 2. The van der Waals surface area contributed by atoms with Gasteiger partial charge in [0.2, 0.25) is 0 Å². The first-order valence-corrected chi connectivity index (χ1v) is 10.5. The summed E-state index contributed by atoms with van der Waals surface area (Å²) in [5.74, 6) is 0.313. The van der Waals surface area contributed by atoms with Crippen molar-refractivity contribution in [1.29, 1.82) is 0 Å². The monoisotopic (exact) mass is 456 g/mol. The van der Waals surface area contributed by atoms with Crippen molar-refractivity contribution in [3.63, 3.8) is 0 Å². The van der Waals surface area contributed by atoms with E-state index in [1.165, 1.54) is 28.4 Å². The highest BCUT2D eigenvalue weighted by molar-refractivity contribution is 7.22. The Bertz CT molecular complexity index is 1210. The largest absolute Gasteiger partial charge is 0.495 e. The number of anilines is 1. The maximum Gasteiger partial charge on any atom is 0.261 e. The summed E-state index contributed by atoms with van der Waals surface area (Å²) in [6, 6.07) is 16.8. The average molecular weight is 457 g/mol. The Kier molecular flexibility index (Phi) is 6.06. The van der Waals surface area contributed by atoms with Crippen LogP contribution in [0.4, 0.5) is 9.52 Å². The molecule has 1 heterocycles. The van der Waals surface area contributed by atoms with Crippen LogP contribution < -0.4 is 14.4 Å². The van der Waals surface area contributed by atoms with E-state index in [0.717, 1.165) is 16.3 Å². The third kappa shape index (κ3) is 4.19. The number of thiazole rings is 1. The maximum atomic E-state index is 13.5. The molecule has 3 aromatic carbocycles. The Hall–Kier alpha value is -3.16. The van der Waals surface area contributed by atoms with Gasteiger partial charge in [-0.3, -0.25) is 9.69 Å². The first-order chi connectivity index (χ1) is 15.0. The van der Waals surface area contributed by atoms with Crippen LogP contribution in [0.5, 0.6) is 11.5 Å². The smallest absolute Gasteiger partial charge is 0.261 e. The molecule has 1 aromatic heterocycles. The standard InChI is InChI=1S/C23H18ClFN2O3S/c1-29-18-10-11-19(30-2)21-20(18)26-23(31-21)27(13-14-6-4-3-5-7-14)22(28)16-9-8-15(25)12-17(16)24/h3-12H,13H2,1-2H3. The quantitative estimate of drug-likeness (QED) is 0.359. The van der Waals surface area contributed by atoms with Crippen LogP contribution >= 0.6 is 22.9 Å². The van der Waals surface area contributed by atoms with E-state index >= 15 is 0 Å². The molecule has 5 nitrogen and oxygen atoms in total. The summed E-state index contributed by atoms with van der Waals surface area (Å²) < 4.78 is 25.2. The van der Waals surface area contributed by atoms with Gasteiger partial charge in [0, 0.05) is 0 Å². The van der Waals surface area contributed by atoms with Crippen LogP contribution in [0.2, 0.25) is 5.02 Å². The van der Waals surface area contributed by atoms with Crippen molar-refractivity contribution in [2.45, 2.75) is 6.54 Å². The van der Waals surface area contributed by atoms with Crippen molar-refractivity contribution in [2.75, 3.05) is 19.1 Å².